The number of anilines is 2. The van der Waals surface area contributed by atoms with Crippen LogP contribution >= 0.6 is 12.4 Å². The molecule has 0 bridgehead atoms. The summed E-state index contributed by atoms with van der Waals surface area (Å²) in [7, 11) is 0. The van der Waals surface area contributed by atoms with Gasteiger partial charge in [-0.3, -0.25) is 9.59 Å². The molecule has 1 atom stereocenters. The zero-order valence-electron chi connectivity index (χ0n) is 16.1. The van der Waals surface area contributed by atoms with Crippen LogP contribution in [-0.2, 0) is 11.0 Å². The van der Waals surface area contributed by atoms with Crippen molar-refractivity contribution in [1.82, 2.24) is 0 Å². The van der Waals surface area contributed by atoms with E-state index in [1.165, 1.54) is 18.2 Å². The summed E-state index contributed by atoms with van der Waals surface area (Å²) >= 11 is 0. The number of benzene rings is 2. The highest BCUT2D eigenvalue weighted by molar-refractivity contribution is 6.05. The Morgan fingerprint density at radius 2 is 1.48 bits per heavy atom. The lowest BCUT2D eigenvalue weighted by Gasteiger charge is -2.25. The summed E-state index contributed by atoms with van der Waals surface area (Å²) in [6.07, 6.45) is -4.54. The van der Waals surface area contributed by atoms with Crippen LogP contribution in [0.2, 0.25) is 0 Å². The molecule has 0 fully saturated rings. The maximum atomic E-state index is 12.8. The minimum absolute atomic E-state index is 0. The Morgan fingerprint density at radius 3 is 2.03 bits per heavy atom. The van der Waals surface area contributed by atoms with Crippen molar-refractivity contribution in [2.75, 3.05) is 10.6 Å². The van der Waals surface area contributed by atoms with Crippen LogP contribution in [0.3, 0.4) is 0 Å². The van der Waals surface area contributed by atoms with Gasteiger partial charge in [0.1, 0.15) is 0 Å². The van der Waals surface area contributed by atoms with Gasteiger partial charge in [-0.25, -0.2) is 0 Å². The third kappa shape index (κ3) is 6.76. The average Bonchev–Trinajstić information content (AvgIpc) is 2.60. The van der Waals surface area contributed by atoms with Gasteiger partial charge in [-0.05, 0) is 41.8 Å². The number of carbonyl (C=O) groups is 2. The normalized spacial score (nSPS) is 12.5. The van der Waals surface area contributed by atoms with Crippen LogP contribution in [0, 0.1) is 5.41 Å². The van der Waals surface area contributed by atoms with E-state index in [4.69, 9.17) is 5.73 Å². The standard InChI is InChI=1S/C20H22F3N3O2.ClH/c1-19(2,3)16(24)18(28)26-15-9-5-8-14(11-15)25-17(27)12-6-4-7-13(10-12)20(21,22)23;/h4-11,16H,24H2,1-3H3,(H,25,27)(H,26,28);1H/t16-;/m1./s1. The van der Waals surface area contributed by atoms with Crippen molar-refractivity contribution in [3.05, 3.63) is 59.7 Å². The highest BCUT2D eigenvalue weighted by Gasteiger charge is 2.31. The van der Waals surface area contributed by atoms with Crippen molar-refractivity contribution in [1.29, 1.82) is 0 Å². The molecule has 0 saturated heterocycles. The van der Waals surface area contributed by atoms with Gasteiger partial charge in [0.2, 0.25) is 5.91 Å². The van der Waals surface area contributed by atoms with E-state index < -0.39 is 29.1 Å². The number of hydrogen-bond donors (Lipinski definition) is 3. The van der Waals surface area contributed by atoms with Gasteiger partial charge in [-0.15, -0.1) is 12.4 Å². The number of hydrogen-bond acceptors (Lipinski definition) is 3. The lowest BCUT2D eigenvalue weighted by Crippen LogP contribution is -2.45. The zero-order valence-corrected chi connectivity index (χ0v) is 16.9. The number of rotatable bonds is 4. The molecule has 158 valence electrons. The summed E-state index contributed by atoms with van der Waals surface area (Å²) in [6, 6.07) is 9.67. The van der Waals surface area contributed by atoms with E-state index in [2.05, 4.69) is 10.6 Å². The molecule has 2 aromatic carbocycles. The fourth-order valence-corrected chi connectivity index (χ4v) is 2.33. The highest BCUT2D eigenvalue weighted by atomic mass is 35.5. The maximum Gasteiger partial charge on any atom is 0.416 e. The lowest BCUT2D eigenvalue weighted by molar-refractivity contribution is -0.137. The van der Waals surface area contributed by atoms with Crippen LogP contribution in [0.15, 0.2) is 48.5 Å². The molecule has 0 spiro atoms. The highest BCUT2D eigenvalue weighted by Crippen LogP contribution is 2.29. The Bertz CT molecular complexity index is 880. The lowest BCUT2D eigenvalue weighted by atomic mass is 9.87. The van der Waals surface area contributed by atoms with E-state index >= 15 is 0 Å². The van der Waals surface area contributed by atoms with Gasteiger partial charge < -0.3 is 16.4 Å². The Balaban J connectivity index is 0.00000420. The van der Waals surface area contributed by atoms with Crippen molar-refractivity contribution >= 4 is 35.6 Å². The minimum atomic E-state index is -4.54. The van der Waals surface area contributed by atoms with Crippen LogP contribution < -0.4 is 16.4 Å². The molecule has 0 aliphatic heterocycles. The SMILES string of the molecule is CC(C)(C)[C@H](N)C(=O)Nc1cccc(NC(=O)c2cccc(C(F)(F)F)c2)c1.Cl. The molecule has 0 aliphatic rings. The number of nitrogens with one attached hydrogen (secondary N) is 2. The topological polar surface area (TPSA) is 84.2 Å². The van der Waals surface area contributed by atoms with Crippen molar-refractivity contribution in [3.8, 4) is 0 Å². The summed E-state index contributed by atoms with van der Waals surface area (Å²) in [5, 5.41) is 5.19. The summed E-state index contributed by atoms with van der Waals surface area (Å²) in [6.45, 7) is 5.51. The smallest absolute Gasteiger partial charge is 0.325 e. The Labute approximate surface area is 173 Å². The molecular formula is C20H23ClF3N3O2. The van der Waals surface area contributed by atoms with E-state index in [1.54, 1.807) is 18.2 Å². The summed E-state index contributed by atoms with van der Waals surface area (Å²) < 4.78 is 38.4. The van der Waals surface area contributed by atoms with Crippen molar-refractivity contribution in [3.63, 3.8) is 0 Å². The minimum Gasteiger partial charge on any atom is -0.325 e. The van der Waals surface area contributed by atoms with E-state index in [1.807, 2.05) is 20.8 Å². The van der Waals surface area contributed by atoms with Gasteiger partial charge in [0.15, 0.2) is 0 Å². The number of alkyl halides is 3. The molecule has 4 N–H and O–H groups in total. The molecule has 5 nitrogen and oxygen atoms in total. The number of carbonyl (C=O) groups excluding carboxylic acids is 2. The van der Waals surface area contributed by atoms with Gasteiger partial charge >= 0.3 is 6.18 Å². The van der Waals surface area contributed by atoms with Crippen LogP contribution in [0.5, 0.6) is 0 Å². The van der Waals surface area contributed by atoms with Gasteiger partial charge in [-0.2, -0.15) is 13.2 Å². The van der Waals surface area contributed by atoms with Crippen molar-refractivity contribution < 1.29 is 22.8 Å². The van der Waals surface area contributed by atoms with Crippen molar-refractivity contribution in [2.24, 2.45) is 11.1 Å². The Hall–Kier alpha value is -2.58. The Morgan fingerprint density at radius 1 is 0.931 bits per heavy atom. The second-order valence-electron chi connectivity index (χ2n) is 7.45. The van der Waals surface area contributed by atoms with E-state index in [9.17, 15) is 22.8 Å². The molecule has 2 aromatic rings. The van der Waals surface area contributed by atoms with Gasteiger partial charge in [-0.1, -0.05) is 32.9 Å². The van der Waals surface area contributed by atoms with E-state index in [0.29, 0.717) is 11.4 Å². The van der Waals surface area contributed by atoms with Crippen LogP contribution in [0.1, 0.15) is 36.7 Å². The third-order valence-electron chi connectivity index (χ3n) is 4.06. The largest absolute Gasteiger partial charge is 0.416 e. The molecule has 0 aromatic heterocycles. The van der Waals surface area contributed by atoms with Gasteiger partial charge in [0, 0.05) is 16.9 Å². The molecule has 0 radical (unpaired) electrons. The maximum absolute atomic E-state index is 12.8. The zero-order chi connectivity index (χ0) is 21.1. The molecule has 0 unspecified atom stereocenters. The summed E-state index contributed by atoms with van der Waals surface area (Å²) in [4.78, 5) is 24.5. The van der Waals surface area contributed by atoms with Gasteiger partial charge in [0.05, 0.1) is 11.6 Å². The molecule has 0 heterocycles. The second-order valence-corrected chi connectivity index (χ2v) is 7.45. The predicted octanol–water partition coefficient (Wildman–Crippen LogP) is 4.69. The number of halogens is 4. The van der Waals surface area contributed by atoms with Crippen molar-refractivity contribution in [2.45, 2.75) is 33.0 Å². The summed E-state index contributed by atoms with van der Waals surface area (Å²) in [5.74, 6) is -1.07. The molecule has 9 heteroatoms. The first-order valence-corrected chi connectivity index (χ1v) is 8.53. The first-order chi connectivity index (χ1) is 12.9. The second kappa shape index (κ2) is 9.28. The monoisotopic (exact) mass is 429 g/mol. The van der Waals surface area contributed by atoms with E-state index in [-0.39, 0.29) is 23.9 Å². The first-order valence-electron chi connectivity index (χ1n) is 8.53. The molecular weight excluding hydrogens is 407 g/mol. The number of amides is 2. The summed E-state index contributed by atoms with van der Waals surface area (Å²) in [5.41, 5.74) is 5.18. The number of nitrogens with two attached hydrogens (primary N) is 1. The molecule has 2 amide bonds. The van der Waals surface area contributed by atoms with Crippen LogP contribution in [-0.4, -0.2) is 17.9 Å². The van der Waals surface area contributed by atoms with Crippen LogP contribution in [0.4, 0.5) is 24.5 Å². The first kappa shape index (κ1) is 24.5. The molecule has 0 saturated carbocycles. The fraction of sp³-hybridized carbons (Fsp3) is 0.300. The fourth-order valence-electron chi connectivity index (χ4n) is 2.33. The Kier molecular flexibility index (Phi) is 7.83. The average molecular weight is 430 g/mol. The van der Waals surface area contributed by atoms with E-state index in [0.717, 1.165) is 12.1 Å². The van der Waals surface area contributed by atoms with Gasteiger partial charge in [0.25, 0.3) is 5.91 Å². The molecule has 2 rings (SSSR count). The predicted molar refractivity (Wildman–Crippen MR) is 109 cm³/mol. The molecule has 0 aliphatic carbocycles. The third-order valence-corrected chi connectivity index (χ3v) is 4.06. The quantitative estimate of drug-likeness (QED) is 0.659. The van der Waals surface area contributed by atoms with Crippen LogP contribution in [0.25, 0.3) is 0 Å². The molecule has 29 heavy (non-hydrogen) atoms.